The van der Waals surface area contributed by atoms with E-state index in [0.717, 1.165) is 16.8 Å². The van der Waals surface area contributed by atoms with Gasteiger partial charge in [-0.15, -0.1) is 0 Å². The summed E-state index contributed by atoms with van der Waals surface area (Å²) in [5.41, 5.74) is 4.18. The second kappa shape index (κ2) is 7.54. The van der Waals surface area contributed by atoms with E-state index in [1.165, 1.54) is 24.4 Å². The summed E-state index contributed by atoms with van der Waals surface area (Å²) >= 11 is 6.31. The number of aryl methyl sites for hydroxylation is 2. The average Bonchev–Trinajstić information content (AvgIpc) is 2.58. The Morgan fingerprint density at radius 1 is 1.08 bits per heavy atom. The first-order valence-corrected chi connectivity index (χ1v) is 8.36. The van der Waals surface area contributed by atoms with Crippen molar-refractivity contribution in [1.29, 1.82) is 0 Å². The van der Waals surface area contributed by atoms with E-state index in [4.69, 9.17) is 11.6 Å². The van der Waals surface area contributed by atoms with E-state index < -0.39 is 5.82 Å². The highest BCUT2D eigenvalue weighted by Crippen LogP contribution is 2.30. The molecule has 0 saturated carbocycles. The Bertz CT molecular complexity index is 952. The number of pyridine rings is 1. The standard InChI is InChI=1S/C20H17ClFN3O/c1-12-6-13(2)19(18(21)7-12)24-17-8-14(10-23-11-17)20(26)25-16-5-3-4-15(22)9-16/h3-11,24H,1-2H3,(H,25,26). The number of hydrogen-bond donors (Lipinski definition) is 2. The second-order valence-electron chi connectivity index (χ2n) is 5.99. The molecule has 3 rings (SSSR count). The van der Waals surface area contributed by atoms with Crippen molar-refractivity contribution in [2.24, 2.45) is 0 Å². The minimum Gasteiger partial charge on any atom is -0.353 e. The summed E-state index contributed by atoms with van der Waals surface area (Å²) < 4.78 is 13.2. The maximum absolute atomic E-state index is 13.2. The highest BCUT2D eigenvalue weighted by molar-refractivity contribution is 6.33. The van der Waals surface area contributed by atoms with Crippen LogP contribution in [0.15, 0.2) is 54.9 Å². The predicted octanol–water partition coefficient (Wildman–Crippen LogP) is 5.49. The van der Waals surface area contributed by atoms with Gasteiger partial charge in [0, 0.05) is 11.9 Å². The topological polar surface area (TPSA) is 54.0 Å². The molecule has 6 heteroatoms. The van der Waals surface area contributed by atoms with Gasteiger partial charge in [0.2, 0.25) is 0 Å². The van der Waals surface area contributed by atoms with Crippen LogP contribution in [0.2, 0.25) is 5.02 Å². The summed E-state index contributed by atoms with van der Waals surface area (Å²) in [4.78, 5) is 16.5. The fourth-order valence-electron chi connectivity index (χ4n) is 2.62. The van der Waals surface area contributed by atoms with E-state index in [9.17, 15) is 9.18 Å². The molecule has 0 radical (unpaired) electrons. The first-order chi connectivity index (χ1) is 12.4. The molecule has 0 aliphatic heterocycles. The molecule has 2 aromatic carbocycles. The van der Waals surface area contributed by atoms with Gasteiger partial charge in [-0.3, -0.25) is 9.78 Å². The number of halogens is 2. The van der Waals surface area contributed by atoms with Crippen LogP contribution in [0.5, 0.6) is 0 Å². The fourth-order valence-corrected chi connectivity index (χ4v) is 2.99. The Morgan fingerprint density at radius 3 is 2.62 bits per heavy atom. The summed E-state index contributed by atoms with van der Waals surface area (Å²) in [6.45, 7) is 3.93. The Labute approximate surface area is 156 Å². The normalized spacial score (nSPS) is 10.5. The van der Waals surface area contributed by atoms with Gasteiger partial charge >= 0.3 is 0 Å². The molecule has 0 spiro atoms. The molecule has 0 atom stereocenters. The lowest BCUT2D eigenvalue weighted by Gasteiger charge is -2.13. The SMILES string of the molecule is Cc1cc(C)c(Nc2cncc(C(=O)Nc3cccc(F)c3)c2)c(Cl)c1. The van der Waals surface area contributed by atoms with Crippen molar-refractivity contribution in [3.8, 4) is 0 Å². The number of nitrogens with one attached hydrogen (secondary N) is 2. The van der Waals surface area contributed by atoms with Crippen LogP contribution in [0.25, 0.3) is 0 Å². The molecule has 3 aromatic rings. The Balaban J connectivity index is 1.81. The highest BCUT2D eigenvalue weighted by atomic mass is 35.5. The zero-order valence-corrected chi connectivity index (χ0v) is 15.1. The van der Waals surface area contributed by atoms with Crippen LogP contribution >= 0.6 is 11.6 Å². The largest absolute Gasteiger partial charge is 0.353 e. The van der Waals surface area contributed by atoms with Crippen molar-refractivity contribution in [2.75, 3.05) is 10.6 Å². The number of rotatable bonds is 4. The monoisotopic (exact) mass is 369 g/mol. The number of amides is 1. The van der Waals surface area contributed by atoms with E-state index >= 15 is 0 Å². The van der Waals surface area contributed by atoms with Crippen molar-refractivity contribution in [2.45, 2.75) is 13.8 Å². The predicted molar refractivity (Wildman–Crippen MR) is 103 cm³/mol. The summed E-state index contributed by atoms with van der Waals surface area (Å²) in [5.74, 6) is -0.792. The van der Waals surface area contributed by atoms with E-state index in [0.29, 0.717) is 22.0 Å². The lowest BCUT2D eigenvalue weighted by atomic mass is 10.1. The third-order valence-corrected chi connectivity index (χ3v) is 4.08. The molecule has 1 amide bonds. The van der Waals surface area contributed by atoms with Gasteiger partial charge in [0.05, 0.1) is 28.2 Å². The molecule has 0 fully saturated rings. The van der Waals surface area contributed by atoms with Crippen LogP contribution in [0.3, 0.4) is 0 Å². The Kier molecular flexibility index (Phi) is 5.19. The molecular formula is C20H17ClFN3O. The molecular weight excluding hydrogens is 353 g/mol. The van der Waals surface area contributed by atoms with Crippen LogP contribution in [0.4, 0.5) is 21.5 Å². The number of benzene rings is 2. The van der Waals surface area contributed by atoms with Crippen molar-refractivity contribution in [3.05, 3.63) is 82.4 Å². The molecule has 0 aliphatic carbocycles. The summed E-state index contributed by atoms with van der Waals surface area (Å²) in [5, 5.41) is 6.44. The Hall–Kier alpha value is -2.92. The molecule has 1 heterocycles. The quantitative estimate of drug-likeness (QED) is 0.639. The molecule has 4 nitrogen and oxygen atoms in total. The van der Waals surface area contributed by atoms with Crippen molar-refractivity contribution >= 4 is 34.6 Å². The van der Waals surface area contributed by atoms with E-state index in [-0.39, 0.29) is 5.91 Å². The van der Waals surface area contributed by atoms with Crippen LogP contribution in [0.1, 0.15) is 21.5 Å². The number of carbonyl (C=O) groups excluding carboxylic acids is 1. The van der Waals surface area contributed by atoms with Crippen molar-refractivity contribution in [3.63, 3.8) is 0 Å². The molecule has 1 aromatic heterocycles. The molecule has 26 heavy (non-hydrogen) atoms. The fraction of sp³-hybridized carbons (Fsp3) is 0.100. The smallest absolute Gasteiger partial charge is 0.257 e. The molecule has 0 bridgehead atoms. The summed E-state index contributed by atoms with van der Waals surface area (Å²) in [6.07, 6.45) is 3.05. The number of carbonyl (C=O) groups is 1. The summed E-state index contributed by atoms with van der Waals surface area (Å²) in [7, 11) is 0. The van der Waals surface area contributed by atoms with Gasteiger partial charge in [0.15, 0.2) is 0 Å². The van der Waals surface area contributed by atoms with Crippen LogP contribution in [-0.4, -0.2) is 10.9 Å². The van der Waals surface area contributed by atoms with Crippen molar-refractivity contribution in [1.82, 2.24) is 4.98 Å². The average molecular weight is 370 g/mol. The number of nitrogens with zero attached hydrogens (tertiary/aromatic N) is 1. The maximum atomic E-state index is 13.2. The van der Waals surface area contributed by atoms with Crippen LogP contribution < -0.4 is 10.6 Å². The lowest BCUT2D eigenvalue weighted by molar-refractivity contribution is 0.102. The minimum atomic E-state index is -0.416. The lowest BCUT2D eigenvalue weighted by Crippen LogP contribution is -2.12. The Morgan fingerprint density at radius 2 is 1.88 bits per heavy atom. The molecule has 0 aliphatic rings. The van der Waals surface area contributed by atoms with Gasteiger partial charge in [-0.05, 0) is 55.3 Å². The maximum Gasteiger partial charge on any atom is 0.257 e. The first kappa shape index (κ1) is 17.9. The van der Waals surface area contributed by atoms with E-state index in [1.807, 2.05) is 26.0 Å². The molecule has 0 unspecified atom stereocenters. The third kappa shape index (κ3) is 4.18. The van der Waals surface area contributed by atoms with Gasteiger partial charge in [0.1, 0.15) is 5.82 Å². The molecule has 2 N–H and O–H groups in total. The number of hydrogen-bond acceptors (Lipinski definition) is 3. The van der Waals surface area contributed by atoms with Gasteiger partial charge in [0.25, 0.3) is 5.91 Å². The third-order valence-electron chi connectivity index (χ3n) is 3.78. The van der Waals surface area contributed by atoms with E-state index in [1.54, 1.807) is 18.3 Å². The van der Waals surface area contributed by atoms with Crippen LogP contribution in [0, 0.1) is 19.7 Å². The van der Waals surface area contributed by atoms with E-state index in [2.05, 4.69) is 15.6 Å². The summed E-state index contributed by atoms with van der Waals surface area (Å²) in [6, 6.07) is 11.3. The number of anilines is 3. The zero-order chi connectivity index (χ0) is 18.7. The van der Waals surface area contributed by atoms with Gasteiger partial charge in [-0.1, -0.05) is 23.7 Å². The van der Waals surface area contributed by atoms with Gasteiger partial charge < -0.3 is 10.6 Å². The zero-order valence-electron chi connectivity index (χ0n) is 14.3. The van der Waals surface area contributed by atoms with Crippen molar-refractivity contribution < 1.29 is 9.18 Å². The van der Waals surface area contributed by atoms with Gasteiger partial charge in [-0.25, -0.2) is 4.39 Å². The van der Waals surface area contributed by atoms with Crippen LogP contribution in [-0.2, 0) is 0 Å². The molecule has 0 saturated heterocycles. The number of aromatic nitrogens is 1. The van der Waals surface area contributed by atoms with Gasteiger partial charge in [-0.2, -0.15) is 0 Å². The highest BCUT2D eigenvalue weighted by Gasteiger charge is 2.10. The molecule has 132 valence electrons. The minimum absolute atomic E-state index is 0.347. The first-order valence-electron chi connectivity index (χ1n) is 7.98. The second-order valence-corrected chi connectivity index (χ2v) is 6.40.